The quantitative estimate of drug-likeness (QED) is 0.451. The Balaban J connectivity index is 2.26. The number of aliphatic hydroxyl groups excluding tert-OH is 4. The van der Waals surface area contributed by atoms with Gasteiger partial charge in [0.25, 0.3) is 0 Å². The lowest BCUT2D eigenvalue weighted by Gasteiger charge is -2.26. The fourth-order valence-electron chi connectivity index (χ4n) is 2.10. The Morgan fingerprint density at radius 3 is 2.53 bits per heavy atom. The number of hydrogen-bond donors (Lipinski definition) is 5. The van der Waals surface area contributed by atoms with Crippen LogP contribution in [0, 0.1) is 0 Å². The minimum Gasteiger partial charge on any atom is -0.394 e. The highest BCUT2D eigenvalue weighted by Crippen LogP contribution is 2.33. The molecule has 1 saturated heterocycles. The summed E-state index contributed by atoms with van der Waals surface area (Å²) in [7, 11) is 0. The van der Waals surface area contributed by atoms with Gasteiger partial charge in [-0.3, -0.25) is 0 Å². The van der Waals surface area contributed by atoms with E-state index in [0.29, 0.717) is 5.56 Å². The van der Waals surface area contributed by atoms with Crippen LogP contribution < -0.4 is 0 Å². The standard InChI is InChI=1S/C13H18O6/c14-7-9(15)11-10(16)12(17)13(18,19-11)6-8-4-2-1-3-5-8/h1-5,9-12,14-18H,6-7H2/t9-,10+,11-,12-,13?/m1/s1/i6D/t6?,9-,10+,11-,12-,13?. The van der Waals surface area contributed by atoms with Crippen LogP contribution in [0.5, 0.6) is 0 Å². The smallest absolute Gasteiger partial charge is 0.199 e. The summed E-state index contributed by atoms with van der Waals surface area (Å²) in [6.07, 6.45) is -7.56. The molecule has 0 aliphatic carbocycles. The van der Waals surface area contributed by atoms with Gasteiger partial charge >= 0.3 is 0 Å². The van der Waals surface area contributed by atoms with Crippen molar-refractivity contribution in [1.82, 2.24) is 0 Å². The second-order valence-electron chi connectivity index (χ2n) is 4.57. The lowest BCUT2D eigenvalue weighted by molar-refractivity contribution is -0.237. The third-order valence-electron chi connectivity index (χ3n) is 3.15. The van der Waals surface area contributed by atoms with E-state index in [-0.39, 0.29) is 0 Å². The molecule has 1 fully saturated rings. The lowest BCUT2D eigenvalue weighted by atomic mass is 9.97. The molecule has 0 saturated carbocycles. The molecular weight excluding hydrogens is 252 g/mol. The molecule has 0 aromatic heterocycles. The zero-order valence-corrected chi connectivity index (χ0v) is 10.1. The van der Waals surface area contributed by atoms with Gasteiger partial charge in [-0.15, -0.1) is 0 Å². The van der Waals surface area contributed by atoms with Crippen LogP contribution in [0.2, 0.25) is 0 Å². The van der Waals surface area contributed by atoms with E-state index < -0.39 is 43.2 Å². The van der Waals surface area contributed by atoms with Crippen LogP contribution in [0.25, 0.3) is 0 Å². The minimum atomic E-state index is -2.36. The van der Waals surface area contributed by atoms with Crippen LogP contribution in [0.15, 0.2) is 30.3 Å². The molecule has 0 bridgehead atoms. The molecule has 0 radical (unpaired) electrons. The highest BCUT2D eigenvalue weighted by molar-refractivity contribution is 5.18. The van der Waals surface area contributed by atoms with Gasteiger partial charge in [-0.1, -0.05) is 30.3 Å². The second kappa shape index (κ2) is 5.54. The van der Waals surface area contributed by atoms with Crippen LogP contribution in [-0.4, -0.2) is 62.3 Å². The maximum atomic E-state index is 10.4. The van der Waals surface area contributed by atoms with E-state index in [1.165, 1.54) is 0 Å². The summed E-state index contributed by atoms with van der Waals surface area (Å²) < 4.78 is 13.1. The zero-order chi connectivity index (χ0) is 14.9. The van der Waals surface area contributed by atoms with Gasteiger partial charge in [0, 0.05) is 7.77 Å². The van der Waals surface area contributed by atoms with Gasteiger partial charge < -0.3 is 30.3 Å². The SMILES string of the molecule is [2H]C(c1ccccc1)C1(O)O[C@H]([C@H](O)CO)[C@H](O)[C@H]1O. The predicted octanol–water partition coefficient (Wildman–Crippen LogP) is -1.61. The number of rotatable bonds is 4. The Morgan fingerprint density at radius 2 is 1.95 bits per heavy atom. The molecule has 1 aliphatic heterocycles. The summed E-state index contributed by atoms with van der Waals surface area (Å²) in [6, 6.07) is 8.22. The molecular formula is C13H18O6. The van der Waals surface area contributed by atoms with Gasteiger partial charge in [-0.25, -0.2) is 0 Å². The van der Waals surface area contributed by atoms with E-state index in [1.807, 2.05) is 0 Å². The average Bonchev–Trinajstić information content (AvgIpc) is 2.72. The Hall–Kier alpha value is -1.02. The van der Waals surface area contributed by atoms with Gasteiger partial charge in [-0.05, 0) is 5.56 Å². The maximum absolute atomic E-state index is 10.4. The van der Waals surface area contributed by atoms with Crippen molar-refractivity contribution in [2.45, 2.75) is 36.6 Å². The predicted molar refractivity (Wildman–Crippen MR) is 65.1 cm³/mol. The first-order valence-electron chi connectivity index (χ1n) is 6.52. The third kappa shape index (κ3) is 2.79. The summed E-state index contributed by atoms with van der Waals surface area (Å²) in [5.74, 6) is -2.36. The van der Waals surface area contributed by atoms with Crippen LogP contribution in [0.3, 0.4) is 0 Å². The van der Waals surface area contributed by atoms with Crippen molar-refractivity contribution in [2.24, 2.45) is 0 Å². The lowest BCUT2D eigenvalue weighted by Crippen LogP contribution is -2.45. The molecule has 2 unspecified atom stereocenters. The van der Waals surface area contributed by atoms with E-state index in [0.717, 1.165) is 0 Å². The topological polar surface area (TPSA) is 110 Å². The average molecular weight is 271 g/mol. The molecule has 6 nitrogen and oxygen atoms in total. The van der Waals surface area contributed by atoms with Gasteiger partial charge in [-0.2, -0.15) is 0 Å². The van der Waals surface area contributed by atoms with E-state index in [1.54, 1.807) is 30.3 Å². The molecule has 1 heterocycles. The first-order chi connectivity index (χ1) is 9.41. The molecule has 6 atom stereocenters. The van der Waals surface area contributed by atoms with Crippen molar-refractivity contribution in [3.8, 4) is 0 Å². The Bertz CT molecular complexity index is 444. The summed E-state index contributed by atoms with van der Waals surface area (Å²) >= 11 is 0. The van der Waals surface area contributed by atoms with Gasteiger partial charge in [0.15, 0.2) is 5.79 Å². The second-order valence-corrected chi connectivity index (χ2v) is 4.57. The molecule has 106 valence electrons. The third-order valence-corrected chi connectivity index (χ3v) is 3.15. The highest BCUT2D eigenvalue weighted by Gasteiger charge is 2.55. The van der Waals surface area contributed by atoms with E-state index in [9.17, 15) is 20.4 Å². The monoisotopic (exact) mass is 271 g/mol. The molecule has 19 heavy (non-hydrogen) atoms. The first-order valence-corrected chi connectivity index (χ1v) is 5.94. The molecule has 0 amide bonds. The van der Waals surface area contributed by atoms with E-state index >= 15 is 0 Å². The molecule has 5 N–H and O–H groups in total. The van der Waals surface area contributed by atoms with Crippen molar-refractivity contribution in [3.63, 3.8) is 0 Å². The van der Waals surface area contributed by atoms with Crippen molar-refractivity contribution < 1.29 is 31.6 Å². The van der Waals surface area contributed by atoms with Crippen LogP contribution in [0.1, 0.15) is 6.93 Å². The van der Waals surface area contributed by atoms with Crippen molar-refractivity contribution in [3.05, 3.63) is 35.9 Å². The van der Waals surface area contributed by atoms with Crippen LogP contribution >= 0.6 is 0 Å². The normalized spacial score (nSPS) is 38.8. The molecule has 6 heteroatoms. The number of ether oxygens (including phenoxy) is 1. The highest BCUT2D eigenvalue weighted by atomic mass is 16.7. The van der Waals surface area contributed by atoms with Crippen molar-refractivity contribution >= 4 is 0 Å². The summed E-state index contributed by atoms with van der Waals surface area (Å²) in [4.78, 5) is 0. The zero-order valence-electron chi connectivity index (χ0n) is 11.1. The first kappa shape index (κ1) is 13.0. The summed E-state index contributed by atoms with van der Waals surface area (Å²) in [6.45, 7) is -0.696. The van der Waals surface area contributed by atoms with Gasteiger partial charge in [0.2, 0.25) is 0 Å². The Morgan fingerprint density at radius 1 is 1.32 bits per heavy atom. The summed E-state index contributed by atoms with van der Waals surface area (Å²) in [5.41, 5.74) is 0.389. The van der Waals surface area contributed by atoms with Gasteiger partial charge in [0.1, 0.15) is 24.4 Å². The molecule has 1 aromatic carbocycles. The number of aliphatic hydroxyl groups is 5. The molecule has 1 aliphatic rings. The van der Waals surface area contributed by atoms with E-state index in [4.69, 9.17) is 11.2 Å². The number of hydrogen-bond acceptors (Lipinski definition) is 6. The minimum absolute atomic E-state index is 0.389. The van der Waals surface area contributed by atoms with E-state index in [2.05, 4.69) is 0 Å². The van der Waals surface area contributed by atoms with Gasteiger partial charge in [0.05, 0.1) is 6.61 Å². The van der Waals surface area contributed by atoms with Crippen molar-refractivity contribution in [1.29, 1.82) is 0 Å². The number of benzene rings is 1. The molecule has 2 rings (SSSR count). The van der Waals surface area contributed by atoms with Crippen LogP contribution in [-0.2, 0) is 11.1 Å². The maximum Gasteiger partial charge on any atom is 0.199 e. The Labute approximate surface area is 111 Å². The summed E-state index contributed by atoms with van der Waals surface area (Å²) in [5, 5.41) is 48.5. The van der Waals surface area contributed by atoms with Crippen LogP contribution in [0.4, 0.5) is 0 Å². The van der Waals surface area contributed by atoms with Crippen molar-refractivity contribution in [2.75, 3.05) is 6.61 Å². The fourth-order valence-corrected chi connectivity index (χ4v) is 2.10. The largest absolute Gasteiger partial charge is 0.394 e. The Kier molecular flexibility index (Phi) is 3.79. The molecule has 1 aromatic rings. The molecule has 0 spiro atoms. The fraction of sp³-hybridized carbons (Fsp3) is 0.538.